The molecule has 3 nitrogen and oxygen atoms in total. The topological polar surface area (TPSA) is 30.5 Å². The largest absolute Gasteiger partial charge is 0.383 e. The molecule has 0 saturated heterocycles. The van der Waals surface area contributed by atoms with Crippen molar-refractivity contribution in [2.24, 2.45) is 11.8 Å². The molecule has 1 rings (SSSR count). The van der Waals surface area contributed by atoms with Gasteiger partial charge in [-0.15, -0.1) is 0 Å². The van der Waals surface area contributed by atoms with Gasteiger partial charge in [0.05, 0.1) is 12.7 Å². The standard InChI is InChI=1S/C14H29NO2/c1-12(17-3)10-14(11-15-8-9-16-2)13-6-4-5-7-13/h12-15H,4-11H2,1-3H3. The maximum atomic E-state index is 5.42. The summed E-state index contributed by atoms with van der Waals surface area (Å²) in [5, 5.41) is 3.51. The van der Waals surface area contributed by atoms with Crippen LogP contribution in [0.4, 0.5) is 0 Å². The van der Waals surface area contributed by atoms with Gasteiger partial charge in [0.15, 0.2) is 0 Å². The summed E-state index contributed by atoms with van der Waals surface area (Å²) in [6.45, 7) is 5.05. The van der Waals surface area contributed by atoms with Gasteiger partial charge in [-0.25, -0.2) is 0 Å². The minimum absolute atomic E-state index is 0.379. The van der Waals surface area contributed by atoms with Crippen LogP contribution in [-0.4, -0.2) is 40.0 Å². The molecular weight excluding hydrogens is 214 g/mol. The third-order valence-corrected chi connectivity index (χ3v) is 3.99. The lowest BCUT2D eigenvalue weighted by Gasteiger charge is -2.26. The van der Waals surface area contributed by atoms with Gasteiger partial charge in [-0.3, -0.25) is 0 Å². The first-order valence-electron chi connectivity index (χ1n) is 7.00. The molecule has 0 heterocycles. The lowest BCUT2D eigenvalue weighted by molar-refractivity contribution is 0.0827. The van der Waals surface area contributed by atoms with Gasteiger partial charge >= 0.3 is 0 Å². The minimum Gasteiger partial charge on any atom is -0.383 e. The Balaban J connectivity index is 2.29. The van der Waals surface area contributed by atoms with Crippen LogP contribution in [0.2, 0.25) is 0 Å². The zero-order valence-corrected chi connectivity index (χ0v) is 11.7. The van der Waals surface area contributed by atoms with E-state index in [-0.39, 0.29) is 0 Å². The average molecular weight is 243 g/mol. The number of rotatable bonds is 9. The summed E-state index contributed by atoms with van der Waals surface area (Å²) in [5.41, 5.74) is 0. The van der Waals surface area contributed by atoms with Gasteiger partial charge < -0.3 is 14.8 Å². The third kappa shape index (κ3) is 5.84. The molecule has 0 bridgehead atoms. The van der Waals surface area contributed by atoms with Crippen LogP contribution in [0.5, 0.6) is 0 Å². The summed E-state index contributed by atoms with van der Waals surface area (Å²) >= 11 is 0. The highest BCUT2D eigenvalue weighted by Gasteiger charge is 2.25. The third-order valence-electron chi connectivity index (χ3n) is 3.99. The van der Waals surface area contributed by atoms with Gasteiger partial charge in [-0.2, -0.15) is 0 Å². The van der Waals surface area contributed by atoms with Gasteiger partial charge in [0.2, 0.25) is 0 Å². The maximum absolute atomic E-state index is 5.42. The summed E-state index contributed by atoms with van der Waals surface area (Å²) in [5.74, 6) is 1.67. The number of hydrogen-bond acceptors (Lipinski definition) is 3. The van der Waals surface area contributed by atoms with Crippen molar-refractivity contribution >= 4 is 0 Å². The molecule has 0 aliphatic heterocycles. The lowest BCUT2D eigenvalue weighted by Crippen LogP contribution is -2.32. The Bertz CT molecular complexity index is 181. The van der Waals surface area contributed by atoms with Crippen molar-refractivity contribution in [3.63, 3.8) is 0 Å². The van der Waals surface area contributed by atoms with Gasteiger partial charge in [-0.05, 0) is 31.7 Å². The van der Waals surface area contributed by atoms with E-state index in [1.165, 1.54) is 32.1 Å². The molecule has 0 radical (unpaired) electrons. The molecule has 0 amide bonds. The number of hydrogen-bond donors (Lipinski definition) is 1. The minimum atomic E-state index is 0.379. The fourth-order valence-corrected chi connectivity index (χ4v) is 2.86. The van der Waals surface area contributed by atoms with Crippen LogP contribution in [0.15, 0.2) is 0 Å². The molecular formula is C14H29NO2. The van der Waals surface area contributed by atoms with Crippen molar-refractivity contribution in [1.29, 1.82) is 0 Å². The van der Waals surface area contributed by atoms with E-state index in [9.17, 15) is 0 Å². The van der Waals surface area contributed by atoms with E-state index in [1.54, 1.807) is 7.11 Å². The van der Waals surface area contributed by atoms with Crippen LogP contribution in [-0.2, 0) is 9.47 Å². The molecule has 0 aromatic rings. The highest BCUT2D eigenvalue weighted by Crippen LogP contribution is 2.33. The molecule has 2 atom stereocenters. The smallest absolute Gasteiger partial charge is 0.0587 e. The summed E-state index contributed by atoms with van der Waals surface area (Å²) < 4.78 is 10.5. The van der Waals surface area contributed by atoms with Crippen LogP contribution in [0.3, 0.4) is 0 Å². The van der Waals surface area contributed by atoms with Crippen molar-refractivity contribution in [3.8, 4) is 0 Å². The Hall–Kier alpha value is -0.120. The first-order chi connectivity index (χ1) is 8.27. The molecule has 1 saturated carbocycles. The second-order valence-corrected chi connectivity index (χ2v) is 5.28. The Kier molecular flexibility index (Phi) is 7.82. The Morgan fingerprint density at radius 3 is 2.53 bits per heavy atom. The van der Waals surface area contributed by atoms with Crippen LogP contribution in [0, 0.1) is 11.8 Å². The molecule has 2 unspecified atom stereocenters. The fraction of sp³-hybridized carbons (Fsp3) is 1.00. The van der Waals surface area contributed by atoms with Gasteiger partial charge in [0.1, 0.15) is 0 Å². The molecule has 0 aromatic heterocycles. The number of nitrogens with one attached hydrogen (secondary N) is 1. The van der Waals surface area contributed by atoms with E-state index in [2.05, 4.69) is 12.2 Å². The zero-order chi connectivity index (χ0) is 12.5. The lowest BCUT2D eigenvalue weighted by atomic mass is 9.86. The van der Waals surface area contributed by atoms with E-state index in [0.29, 0.717) is 6.10 Å². The summed E-state index contributed by atoms with van der Waals surface area (Å²) in [6, 6.07) is 0. The Labute approximate surface area is 106 Å². The fourth-order valence-electron chi connectivity index (χ4n) is 2.86. The molecule has 1 fully saturated rings. The van der Waals surface area contributed by atoms with Crippen molar-refractivity contribution in [2.45, 2.75) is 45.1 Å². The quantitative estimate of drug-likeness (QED) is 0.631. The molecule has 1 N–H and O–H groups in total. The molecule has 0 spiro atoms. The number of ether oxygens (including phenoxy) is 2. The highest BCUT2D eigenvalue weighted by atomic mass is 16.5. The van der Waals surface area contributed by atoms with Gasteiger partial charge in [-0.1, -0.05) is 25.7 Å². The monoisotopic (exact) mass is 243 g/mol. The van der Waals surface area contributed by atoms with E-state index in [0.717, 1.165) is 31.5 Å². The second kappa shape index (κ2) is 8.90. The number of methoxy groups -OCH3 is 2. The van der Waals surface area contributed by atoms with E-state index < -0.39 is 0 Å². The van der Waals surface area contributed by atoms with Crippen LogP contribution >= 0.6 is 0 Å². The first-order valence-corrected chi connectivity index (χ1v) is 7.00. The Morgan fingerprint density at radius 2 is 1.94 bits per heavy atom. The summed E-state index contributed by atoms with van der Waals surface area (Å²) in [7, 11) is 3.57. The van der Waals surface area contributed by atoms with Crippen molar-refractivity contribution in [2.75, 3.05) is 33.9 Å². The maximum Gasteiger partial charge on any atom is 0.0587 e. The van der Waals surface area contributed by atoms with Crippen molar-refractivity contribution in [3.05, 3.63) is 0 Å². The van der Waals surface area contributed by atoms with Gasteiger partial charge in [0, 0.05) is 20.8 Å². The molecule has 3 heteroatoms. The van der Waals surface area contributed by atoms with Crippen LogP contribution in [0.1, 0.15) is 39.0 Å². The summed E-state index contributed by atoms with van der Waals surface area (Å²) in [4.78, 5) is 0. The zero-order valence-electron chi connectivity index (χ0n) is 11.7. The molecule has 0 aromatic carbocycles. The summed E-state index contributed by atoms with van der Waals surface area (Å²) in [6.07, 6.45) is 7.22. The first kappa shape index (κ1) is 14.9. The molecule has 17 heavy (non-hydrogen) atoms. The normalized spacial score (nSPS) is 20.6. The Morgan fingerprint density at radius 1 is 1.24 bits per heavy atom. The molecule has 1 aliphatic rings. The van der Waals surface area contributed by atoms with E-state index in [4.69, 9.17) is 9.47 Å². The molecule has 102 valence electrons. The predicted molar refractivity (Wildman–Crippen MR) is 71.3 cm³/mol. The van der Waals surface area contributed by atoms with E-state index >= 15 is 0 Å². The SMILES string of the molecule is COCCNCC(CC(C)OC)C1CCCC1. The average Bonchev–Trinajstić information content (AvgIpc) is 2.86. The van der Waals surface area contributed by atoms with Crippen LogP contribution in [0.25, 0.3) is 0 Å². The van der Waals surface area contributed by atoms with Crippen molar-refractivity contribution < 1.29 is 9.47 Å². The second-order valence-electron chi connectivity index (χ2n) is 5.28. The molecule has 1 aliphatic carbocycles. The van der Waals surface area contributed by atoms with E-state index in [1.807, 2.05) is 7.11 Å². The highest BCUT2D eigenvalue weighted by molar-refractivity contribution is 4.78. The van der Waals surface area contributed by atoms with Crippen molar-refractivity contribution in [1.82, 2.24) is 5.32 Å². The predicted octanol–water partition coefficient (Wildman–Crippen LogP) is 2.45. The van der Waals surface area contributed by atoms with Crippen LogP contribution < -0.4 is 5.32 Å². The van der Waals surface area contributed by atoms with Gasteiger partial charge in [0.25, 0.3) is 0 Å².